The minimum absolute atomic E-state index is 0.158. The van der Waals surface area contributed by atoms with E-state index in [-0.39, 0.29) is 21.8 Å². The van der Waals surface area contributed by atoms with Gasteiger partial charge in [-0.05, 0) is 48.0 Å². The zero-order valence-electron chi connectivity index (χ0n) is 16.6. The number of hydrogen-bond acceptors (Lipinski definition) is 4. The summed E-state index contributed by atoms with van der Waals surface area (Å²) in [6.07, 6.45) is 3.80. The Bertz CT molecular complexity index is 1110. The zero-order valence-corrected chi connectivity index (χ0v) is 18.1. The van der Waals surface area contributed by atoms with E-state index in [1.54, 1.807) is 18.2 Å². The molecule has 0 fully saturated rings. The van der Waals surface area contributed by atoms with Crippen LogP contribution in [0.2, 0.25) is 10.0 Å². The molecule has 0 aromatic heterocycles. The van der Waals surface area contributed by atoms with Crippen LogP contribution in [0.15, 0.2) is 72.8 Å². The first-order valence-corrected chi connectivity index (χ1v) is 10.1. The summed E-state index contributed by atoms with van der Waals surface area (Å²) in [5.74, 6) is -0.630. The molecular weight excluding hydrogens is 437 g/mol. The fourth-order valence-corrected chi connectivity index (χ4v) is 3.25. The molecule has 3 rings (SSSR count). The lowest BCUT2D eigenvalue weighted by Gasteiger charge is -2.13. The third kappa shape index (κ3) is 6.10. The summed E-state index contributed by atoms with van der Waals surface area (Å²) in [5, 5.41) is 3.30. The maximum atomic E-state index is 12.6. The summed E-state index contributed by atoms with van der Waals surface area (Å²) in [7, 11) is 1.26. The Hall–Kier alpha value is -3.28. The normalized spacial score (nSPS) is 10.7. The van der Waals surface area contributed by atoms with Crippen molar-refractivity contribution in [1.82, 2.24) is 0 Å². The van der Waals surface area contributed by atoms with Gasteiger partial charge in [0.15, 0.2) is 0 Å². The van der Waals surface area contributed by atoms with Crippen LogP contribution in [0.5, 0.6) is 5.75 Å². The second kappa shape index (κ2) is 10.7. The first kappa shape index (κ1) is 22.4. The summed E-state index contributed by atoms with van der Waals surface area (Å²) < 4.78 is 10.5. The van der Waals surface area contributed by atoms with E-state index in [1.807, 2.05) is 42.5 Å². The lowest BCUT2D eigenvalue weighted by molar-refractivity contribution is 0.0601. The molecule has 0 spiro atoms. The topological polar surface area (TPSA) is 64.6 Å². The van der Waals surface area contributed by atoms with E-state index in [9.17, 15) is 9.59 Å². The number of anilines is 1. The van der Waals surface area contributed by atoms with Gasteiger partial charge in [0.25, 0.3) is 5.91 Å². The number of amides is 1. The van der Waals surface area contributed by atoms with Crippen LogP contribution in [-0.2, 0) is 4.74 Å². The van der Waals surface area contributed by atoms with Gasteiger partial charge in [-0.15, -0.1) is 0 Å². The van der Waals surface area contributed by atoms with Gasteiger partial charge in [0.05, 0.1) is 28.9 Å². The molecule has 0 saturated heterocycles. The number of carbonyl (C=O) groups excluding carboxylic acids is 2. The number of hydrogen-bond donors (Lipinski definition) is 1. The number of ether oxygens (including phenoxy) is 2. The van der Waals surface area contributed by atoms with Crippen LogP contribution in [0.25, 0.3) is 6.08 Å². The Morgan fingerprint density at radius 2 is 1.74 bits per heavy atom. The van der Waals surface area contributed by atoms with Gasteiger partial charge in [-0.2, -0.15) is 0 Å². The quantitative estimate of drug-likeness (QED) is 0.435. The highest BCUT2D eigenvalue weighted by Crippen LogP contribution is 2.26. The second-order valence-corrected chi connectivity index (χ2v) is 7.24. The number of rotatable bonds is 7. The third-order valence-electron chi connectivity index (χ3n) is 4.28. The smallest absolute Gasteiger partial charge is 0.340 e. The number of nitrogens with one attached hydrogen (secondary N) is 1. The molecule has 0 aliphatic heterocycles. The molecule has 7 heteroatoms. The van der Waals surface area contributed by atoms with Crippen molar-refractivity contribution in [3.05, 3.63) is 99.5 Å². The van der Waals surface area contributed by atoms with Crippen molar-refractivity contribution in [2.45, 2.75) is 0 Å². The molecule has 0 saturated carbocycles. The average molecular weight is 456 g/mol. The summed E-state index contributed by atoms with van der Waals surface area (Å²) >= 11 is 12.0. The van der Waals surface area contributed by atoms with Crippen molar-refractivity contribution in [3.8, 4) is 5.75 Å². The molecule has 31 heavy (non-hydrogen) atoms. The molecule has 0 aliphatic rings. The zero-order chi connectivity index (χ0) is 22.2. The Morgan fingerprint density at radius 1 is 0.968 bits per heavy atom. The van der Waals surface area contributed by atoms with E-state index in [0.29, 0.717) is 17.4 Å². The third-order valence-corrected chi connectivity index (χ3v) is 4.82. The standard InChI is InChI=1S/C24H19Cl2NO4/c1-30-24(29)20-15-18(31-13-5-8-16-6-3-2-4-7-16)10-12-22(20)27-23(28)19-11-9-17(25)14-21(19)26/h2-12,14-15H,13H2,1H3,(H,27,28)/b8-5+. The summed E-state index contributed by atoms with van der Waals surface area (Å²) in [5.41, 5.74) is 1.72. The van der Waals surface area contributed by atoms with Crippen molar-refractivity contribution in [2.24, 2.45) is 0 Å². The van der Waals surface area contributed by atoms with Crippen LogP contribution in [0, 0.1) is 0 Å². The van der Waals surface area contributed by atoms with Gasteiger partial charge < -0.3 is 14.8 Å². The predicted octanol–water partition coefficient (Wildman–Crippen LogP) is 6.12. The van der Waals surface area contributed by atoms with Crippen molar-refractivity contribution < 1.29 is 19.1 Å². The molecule has 0 unspecified atom stereocenters. The highest BCUT2D eigenvalue weighted by atomic mass is 35.5. The molecule has 0 aliphatic carbocycles. The second-order valence-electron chi connectivity index (χ2n) is 6.40. The number of halogens is 2. The fraction of sp³-hybridized carbons (Fsp3) is 0.0833. The van der Waals surface area contributed by atoms with E-state index in [4.69, 9.17) is 32.7 Å². The summed E-state index contributed by atoms with van der Waals surface area (Å²) in [4.78, 5) is 24.9. The lowest BCUT2D eigenvalue weighted by atomic mass is 10.1. The van der Waals surface area contributed by atoms with Crippen molar-refractivity contribution in [3.63, 3.8) is 0 Å². The van der Waals surface area contributed by atoms with Crippen molar-refractivity contribution >= 4 is 46.8 Å². The Labute approximate surface area is 190 Å². The van der Waals surface area contributed by atoms with E-state index in [1.165, 1.54) is 25.3 Å². The number of methoxy groups -OCH3 is 1. The number of esters is 1. The van der Waals surface area contributed by atoms with Crippen LogP contribution < -0.4 is 10.1 Å². The molecule has 5 nitrogen and oxygen atoms in total. The molecule has 3 aromatic carbocycles. The van der Waals surface area contributed by atoms with Crippen LogP contribution in [0.4, 0.5) is 5.69 Å². The summed E-state index contributed by atoms with van der Waals surface area (Å²) in [6, 6.07) is 19.1. The first-order chi connectivity index (χ1) is 15.0. The van der Waals surface area contributed by atoms with Gasteiger partial charge >= 0.3 is 5.97 Å². The highest BCUT2D eigenvalue weighted by molar-refractivity contribution is 6.37. The fourth-order valence-electron chi connectivity index (χ4n) is 2.76. The highest BCUT2D eigenvalue weighted by Gasteiger charge is 2.18. The molecule has 0 bridgehead atoms. The maximum absolute atomic E-state index is 12.6. The largest absolute Gasteiger partial charge is 0.490 e. The Kier molecular flexibility index (Phi) is 7.70. The van der Waals surface area contributed by atoms with Gasteiger partial charge in [0, 0.05) is 5.02 Å². The molecule has 0 radical (unpaired) electrons. The van der Waals surface area contributed by atoms with E-state index < -0.39 is 11.9 Å². The van der Waals surface area contributed by atoms with Crippen molar-refractivity contribution in [2.75, 3.05) is 19.0 Å². The molecule has 158 valence electrons. The van der Waals surface area contributed by atoms with Crippen LogP contribution in [-0.4, -0.2) is 25.6 Å². The minimum atomic E-state index is -0.609. The minimum Gasteiger partial charge on any atom is -0.490 e. The van der Waals surface area contributed by atoms with Gasteiger partial charge in [-0.25, -0.2) is 4.79 Å². The summed E-state index contributed by atoms with van der Waals surface area (Å²) in [6.45, 7) is 0.307. The van der Waals surface area contributed by atoms with Gasteiger partial charge in [-0.1, -0.05) is 59.6 Å². The predicted molar refractivity (Wildman–Crippen MR) is 123 cm³/mol. The molecule has 0 atom stereocenters. The SMILES string of the molecule is COC(=O)c1cc(OC/C=C/c2ccccc2)ccc1NC(=O)c1ccc(Cl)cc1Cl. The Balaban J connectivity index is 1.74. The van der Waals surface area contributed by atoms with Gasteiger partial charge in [-0.3, -0.25) is 4.79 Å². The first-order valence-electron chi connectivity index (χ1n) is 9.31. The van der Waals surface area contributed by atoms with Gasteiger partial charge in [0.1, 0.15) is 12.4 Å². The molecule has 0 heterocycles. The van der Waals surface area contributed by atoms with E-state index in [0.717, 1.165) is 5.56 Å². The molecular formula is C24H19Cl2NO4. The number of benzene rings is 3. The van der Waals surface area contributed by atoms with Crippen LogP contribution >= 0.6 is 23.2 Å². The van der Waals surface area contributed by atoms with Crippen molar-refractivity contribution in [1.29, 1.82) is 0 Å². The monoisotopic (exact) mass is 455 g/mol. The van der Waals surface area contributed by atoms with Crippen LogP contribution in [0.3, 0.4) is 0 Å². The molecule has 3 aromatic rings. The Morgan fingerprint density at radius 3 is 2.45 bits per heavy atom. The number of carbonyl (C=O) groups is 2. The maximum Gasteiger partial charge on any atom is 0.340 e. The lowest BCUT2D eigenvalue weighted by Crippen LogP contribution is -2.16. The average Bonchev–Trinajstić information content (AvgIpc) is 2.77. The van der Waals surface area contributed by atoms with E-state index >= 15 is 0 Å². The van der Waals surface area contributed by atoms with E-state index in [2.05, 4.69) is 5.32 Å². The molecule has 1 N–H and O–H groups in total. The molecule has 1 amide bonds. The van der Waals surface area contributed by atoms with Gasteiger partial charge in [0.2, 0.25) is 0 Å². The van der Waals surface area contributed by atoms with Crippen LogP contribution in [0.1, 0.15) is 26.3 Å².